The third-order valence-electron chi connectivity index (χ3n) is 5.82. The first-order valence-electron chi connectivity index (χ1n) is 11.1. The molecule has 0 saturated carbocycles. The predicted molar refractivity (Wildman–Crippen MR) is 131 cm³/mol. The van der Waals surface area contributed by atoms with E-state index in [2.05, 4.69) is 22.5 Å². The van der Waals surface area contributed by atoms with Gasteiger partial charge in [0, 0.05) is 36.1 Å². The predicted octanol–water partition coefficient (Wildman–Crippen LogP) is 4.31. The van der Waals surface area contributed by atoms with E-state index in [1.165, 1.54) is 4.31 Å². The van der Waals surface area contributed by atoms with Gasteiger partial charge in [0.15, 0.2) is 0 Å². The van der Waals surface area contributed by atoms with Crippen LogP contribution in [0.3, 0.4) is 0 Å². The summed E-state index contributed by atoms with van der Waals surface area (Å²) in [6.45, 7) is 4.59. The van der Waals surface area contributed by atoms with Gasteiger partial charge in [-0.3, -0.25) is 4.98 Å². The largest absolute Gasteiger partial charge is 0.379 e. The fraction of sp³-hybridized carbons (Fsp3) is 0.333. The van der Waals surface area contributed by atoms with Crippen molar-refractivity contribution in [2.45, 2.75) is 35.4 Å². The third kappa shape index (κ3) is 4.38. The van der Waals surface area contributed by atoms with Crippen LogP contribution in [0.5, 0.6) is 0 Å². The number of imidazole rings is 1. The Hall–Kier alpha value is -2.46. The van der Waals surface area contributed by atoms with Crippen molar-refractivity contribution in [3.63, 3.8) is 0 Å². The third-order valence-corrected chi connectivity index (χ3v) is 8.78. The first-order valence-corrected chi connectivity index (χ1v) is 13.5. The Morgan fingerprint density at radius 3 is 2.70 bits per heavy atom. The van der Waals surface area contributed by atoms with Crippen molar-refractivity contribution in [1.29, 1.82) is 0 Å². The molecule has 1 fully saturated rings. The number of pyridine rings is 1. The fourth-order valence-electron chi connectivity index (χ4n) is 4.18. The van der Waals surface area contributed by atoms with Gasteiger partial charge in [-0.05, 0) is 36.8 Å². The number of ether oxygens (including phenoxy) is 1. The molecule has 1 saturated heterocycles. The van der Waals surface area contributed by atoms with Crippen molar-refractivity contribution >= 4 is 43.7 Å². The summed E-state index contributed by atoms with van der Waals surface area (Å²) < 4.78 is 35.2. The SMILES string of the molecule is CCCn1c(CSc2ccnc3ccccc23)nc2cc(S(=O)(=O)N3CCOCC3)ccc21. The zero-order valence-electron chi connectivity index (χ0n) is 18.5. The van der Waals surface area contributed by atoms with Gasteiger partial charge in [0.05, 0.1) is 40.4 Å². The Balaban J connectivity index is 1.47. The smallest absolute Gasteiger partial charge is 0.243 e. The first kappa shape index (κ1) is 22.3. The van der Waals surface area contributed by atoms with Crippen molar-refractivity contribution in [1.82, 2.24) is 18.8 Å². The average molecular weight is 483 g/mol. The number of fused-ring (bicyclic) bond motifs is 2. The number of hydrogen-bond donors (Lipinski definition) is 0. The zero-order valence-corrected chi connectivity index (χ0v) is 20.1. The maximum Gasteiger partial charge on any atom is 0.243 e. The van der Waals surface area contributed by atoms with Crippen LogP contribution in [0.15, 0.2) is 64.5 Å². The lowest BCUT2D eigenvalue weighted by atomic mass is 10.2. The first-order chi connectivity index (χ1) is 16.1. The molecule has 1 aliphatic rings. The van der Waals surface area contributed by atoms with Crippen molar-refractivity contribution in [2.75, 3.05) is 26.3 Å². The number of thioether (sulfide) groups is 1. The van der Waals surface area contributed by atoms with Gasteiger partial charge in [-0.2, -0.15) is 4.31 Å². The standard InChI is InChI=1S/C24H26N4O3S2/c1-2-11-28-22-8-7-18(33(29,30)27-12-14-31-15-13-27)16-21(22)26-24(28)17-32-23-9-10-25-20-6-4-3-5-19(20)23/h3-10,16H,2,11-15,17H2,1H3. The number of sulfonamides is 1. The number of benzene rings is 2. The minimum atomic E-state index is -3.56. The molecule has 0 aliphatic carbocycles. The second-order valence-corrected chi connectivity index (χ2v) is 10.9. The molecular weight excluding hydrogens is 456 g/mol. The monoisotopic (exact) mass is 482 g/mol. The molecule has 2 aromatic heterocycles. The van der Waals surface area contributed by atoms with E-state index in [9.17, 15) is 8.42 Å². The number of nitrogens with zero attached hydrogens (tertiary/aromatic N) is 4. The van der Waals surface area contributed by atoms with E-state index in [-0.39, 0.29) is 4.90 Å². The van der Waals surface area contributed by atoms with Crippen molar-refractivity contribution in [3.8, 4) is 0 Å². The zero-order chi connectivity index (χ0) is 22.8. The molecule has 3 heterocycles. The Labute approximate surface area is 197 Å². The highest BCUT2D eigenvalue weighted by Crippen LogP contribution is 2.31. The molecule has 0 radical (unpaired) electrons. The normalized spacial score (nSPS) is 15.4. The van der Waals surface area contributed by atoms with Crippen LogP contribution in [0.25, 0.3) is 21.9 Å². The van der Waals surface area contributed by atoms with Gasteiger partial charge in [-0.25, -0.2) is 13.4 Å². The highest BCUT2D eigenvalue weighted by Gasteiger charge is 2.27. The summed E-state index contributed by atoms with van der Waals surface area (Å²) in [5.41, 5.74) is 2.66. The van der Waals surface area contributed by atoms with Crippen LogP contribution in [-0.4, -0.2) is 53.6 Å². The minimum absolute atomic E-state index is 0.289. The van der Waals surface area contributed by atoms with Gasteiger partial charge in [0.25, 0.3) is 0 Å². The average Bonchev–Trinajstić information content (AvgIpc) is 3.20. The van der Waals surface area contributed by atoms with Crippen LogP contribution in [0, 0.1) is 0 Å². The molecular formula is C24H26N4O3S2. The highest BCUT2D eigenvalue weighted by atomic mass is 32.2. The van der Waals surface area contributed by atoms with Crippen molar-refractivity contribution in [3.05, 3.63) is 60.6 Å². The number of rotatable bonds is 7. The van der Waals surface area contributed by atoms with Crippen LogP contribution in [0.1, 0.15) is 19.2 Å². The summed E-state index contributed by atoms with van der Waals surface area (Å²) in [5.74, 6) is 1.63. The van der Waals surface area contributed by atoms with Gasteiger partial charge >= 0.3 is 0 Å². The van der Waals surface area contributed by atoms with Gasteiger partial charge in [-0.1, -0.05) is 25.1 Å². The van der Waals surface area contributed by atoms with Crippen molar-refractivity contribution in [2.24, 2.45) is 0 Å². The number of hydrogen-bond acceptors (Lipinski definition) is 6. The Bertz CT molecular complexity index is 1390. The molecule has 33 heavy (non-hydrogen) atoms. The summed E-state index contributed by atoms with van der Waals surface area (Å²) in [5, 5.41) is 1.13. The van der Waals surface area contributed by atoms with E-state index in [0.29, 0.717) is 37.6 Å². The van der Waals surface area contributed by atoms with Crippen LogP contribution in [0.2, 0.25) is 0 Å². The lowest BCUT2D eigenvalue weighted by Crippen LogP contribution is -2.40. The van der Waals surface area contributed by atoms with E-state index in [4.69, 9.17) is 9.72 Å². The molecule has 9 heteroatoms. The molecule has 4 aromatic rings. The molecule has 2 aromatic carbocycles. The Morgan fingerprint density at radius 1 is 1.06 bits per heavy atom. The topological polar surface area (TPSA) is 77.3 Å². The van der Waals surface area contributed by atoms with E-state index in [1.54, 1.807) is 23.9 Å². The Morgan fingerprint density at radius 2 is 1.88 bits per heavy atom. The second kappa shape index (κ2) is 9.42. The maximum absolute atomic E-state index is 13.1. The van der Waals surface area contributed by atoms with Gasteiger partial charge < -0.3 is 9.30 Å². The second-order valence-electron chi connectivity index (χ2n) is 7.96. The highest BCUT2D eigenvalue weighted by molar-refractivity contribution is 7.98. The lowest BCUT2D eigenvalue weighted by molar-refractivity contribution is 0.0730. The fourth-order valence-corrected chi connectivity index (χ4v) is 6.60. The van der Waals surface area contributed by atoms with E-state index in [1.807, 2.05) is 36.5 Å². The van der Waals surface area contributed by atoms with Crippen LogP contribution >= 0.6 is 11.8 Å². The summed E-state index contributed by atoms with van der Waals surface area (Å²) in [6, 6.07) is 15.5. The van der Waals surface area contributed by atoms with Crippen molar-refractivity contribution < 1.29 is 13.2 Å². The van der Waals surface area contributed by atoms with Gasteiger partial charge in [0.1, 0.15) is 5.82 Å². The van der Waals surface area contributed by atoms with E-state index in [0.717, 1.165) is 40.1 Å². The number of para-hydroxylation sites is 1. The number of aryl methyl sites for hydroxylation is 1. The van der Waals surface area contributed by atoms with Crippen LogP contribution < -0.4 is 0 Å². The molecule has 1 aliphatic heterocycles. The Kier molecular flexibility index (Phi) is 6.38. The number of aromatic nitrogens is 3. The summed E-state index contributed by atoms with van der Waals surface area (Å²) in [7, 11) is -3.56. The minimum Gasteiger partial charge on any atom is -0.379 e. The summed E-state index contributed by atoms with van der Waals surface area (Å²) in [4.78, 5) is 10.8. The molecule has 0 unspecified atom stereocenters. The van der Waals surface area contributed by atoms with E-state index < -0.39 is 10.0 Å². The molecule has 0 amide bonds. The van der Waals surface area contributed by atoms with Gasteiger partial charge in [-0.15, -0.1) is 11.8 Å². The van der Waals surface area contributed by atoms with Crippen LogP contribution in [0.4, 0.5) is 0 Å². The van der Waals surface area contributed by atoms with Gasteiger partial charge in [0.2, 0.25) is 10.0 Å². The summed E-state index contributed by atoms with van der Waals surface area (Å²) in [6.07, 6.45) is 2.80. The molecule has 7 nitrogen and oxygen atoms in total. The molecule has 172 valence electrons. The quantitative estimate of drug-likeness (QED) is 0.366. The molecule has 5 rings (SSSR count). The van der Waals surface area contributed by atoms with Crippen LogP contribution in [-0.2, 0) is 27.1 Å². The molecule has 0 bridgehead atoms. The van der Waals surface area contributed by atoms with E-state index >= 15 is 0 Å². The molecule has 0 N–H and O–H groups in total. The summed E-state index contributed by atoms with van der Waals surface area (Å²) >= 11 is 1.73. The number of morpholine rings is 1. The maximum atomic E-state index is 13.1. The molecule has 0 atom stereocenters. The lowest BCUT2D eigenvalue weighted by Gasteiger charge is -2.26. The molecule has 0 spiro atoms.